The van der Waals surface area contributed by atoms with E-state index in [2.05, 4.69) is 101 Å². The Bertz CT molecular complexity index is 1390. The molecule has 1 nitrogen and oxygen atoms in total. The summed E-state index contributed by atoms with van der Waals surface area (Å²) in [4.78, 5) is 5.07. The van der Waals surface area contributed by atoms with E-state index in [-0.39, 0.29) is 0 Å². The number of allylic oxidation sites excluding steroid dienone is 4. The van der Waals surface area contributed by atoms with E-state index in [1.807, 2.05) is 0 Å². The Kier molecular flexibility index (Phi) is 4.01. The minimum Gasteiger partial charge on any atom is -0.247 e. The fourth-order valence-electron chi connectivity index (χ4n) is 6.37. The molecular weight excluding hydrogens is 402 g/mol. The molecule has 2 aliphatic carbocycles. The molecule has 1 aliphatic heterocycles. The molecule has 2 heteroatoms. The minimum absolute atomic E-state index is 0.466. The molecule has 6 rings (SSSR count). The molecule has 0 fully saturated rings. The van der Waals surface area contributed by atoms with E-state index in [4.69, 9.17) is 4.99 Å². The van der Waals surface area contributed by atoms with E-state index in [0.29, 0.717) is 5.54 Å². The van der Waals surface area contributed by atoms with Gasteiger partial charge in [0.1, 0.15) is 0 Å². The van der Waals surface area contributed by atoms with Crippen molar-refractivity contribution in [2.45, 2.75) is 46.3 Å². The van der Waals surface area contributed by atoms with E-state index < -0.39 is 8.07 Å². The second kappa shape index (κ2) is 6.52. The molecule has 0 aromatic heterocycles. The summed E-state index contributed by atoms with van der Waals surface area (Å²) in [7, 11) is -1.92. The fraction of sp³-hybridized carbons (Fsp3) is 0.233. The zero-order chi connectivity index (χ0) is 22.4. The lowest BCUT2D eigenvalue weighted by molar-refractivity contribution is 1.13. The van der Waals surface area contributed by atoms with Crippen LogP contribution in [0, 0.1) is 6.92 Å². The van der Waals surface area contributed by atoms with Crippen molar-refractivity contribution in [3.8, 4) is 11.1 Å². The van der Waals surface area contributed by atoms with Gasteiger partial charge < -0.3 is 0 Å². The number of hydrogen-bond donors (Lipinski definition) is 0. The lowest BCUT2D eigenvalue weighted by atomic mass is 9.99. The molecule has 0 radical (unpaired) electrons. The summed E-state index contributed by atoms with van der Waals surface area (Å²) >= 11 is 0. The van der Waals surface area contributed by atoms with Crippen LogP contribution in [0.15, 0.2) is 82.4 Å². The molecule has 158 valence electrons. The Morgan fingerprint density at radius 1 is 0.688 bits per heavy atom. The third-order valence-electron chi connectivity index (χ3n) is 8.19. The number of aryl methyl sites for hydroxylation is 1. The van der Waals surface area contributed by atoms with Gasteiger partial charge in [-0.05, 0) is 78.3 Å². The SMILES string of the molecule is CC1=C(C)C(C)=C2C1=Nc1cc(C)c([Si](C)(C)C3c4ccccc4-c4ccccc43)cc12. The summed E-state index contributed by atoms with van der Waals surface area (Å²) in [6.07, 6.45) is 0. The molecule has 0 atom stereocenters. The lowest BCUT2D eigenvalue weighted by Gasteiger charge is -2.33. The van der Waals surface area contributed by atoms with Crippen LogP contribution in [0.2, 0.25) is 13.1 Å². The molecule has 1 heterocycles. The fourth-order valence-corrected chi connectivity index (χ4v) is 10.3. The first-order valence-corrected chi connectivity index (χ1v) is 14.7. The maximum absolute atomic E-state index is 5.07. The topological polar surface area (TPSA) is 12.4 Å². The van der Waals surface area contributed by atoms with Gasteiger partial charge in [-0.3, -0.25) is 0 Å². The summed E-state index contributed by atoms with van der Waals surface area (Å²) in [6.45, 7) is 14.1. The van der Waals surface area contributed by atoms with Gasteiger partial charge in [0.2, 0.25) is 0 Å². The van der Waals surface area contributed by atoms with Gasteiger partial charge >= 0.3 is 0 Å². The van der Waals surface area contributed by atoms with Crippen LogP contribution in [-0.2, 0) is 0 Å². The largest absolute Gasteiger partial charge is 0.247 e. The second-order valence-corrected chi connectivity index (χ2v) is 14.8. The van der Waals surface area contributed by atoms with Gasteiger partial charge in [0, 0.05) is 16.7 Å². The zero-order valence-corrected chi connectivity index (χ0v) is 20.8. The van der Waals surface area contributed by atoms with Crippen LogP contribution in [0.3, 0.4) is 0 Å². The Morgan fingerprint density at radius 2 is 1.28 bits per heavy atom. The van der Waals surface area contributed by atoms with Crippen LogP contribution in [0.5, 0.6) is 0 Å². The first-order valence-electron chi connectivity index (χ1n) is 11.6. The van der Waals surface area contributed by atoms with E-state index in [9.17, 15) is 0 Å². The minimum atomic E-state index is -1.92. The Balaban J connectivity index is 1.55. The van der Waals surface area contributed by atoms with Gasteiger partial charge in [-0.1, -0.05) is 72.9 Å². The first-order chi connectivity index (χ1) is 15.3. The number of rotatable bonds is 2. The standard InChI is InChI=1S/C30H29NSi/c1-17-15-26-25(28-19(3)18(2)20(4)29(28)31-26)16-27(17)32(5,6)30-23-13-9-7-11-21(23)22-12-8-10-14-24(22)30/h7-16,30H,1-6H3. The maximum atomic E-state index is 5.07. The normalized spacial score (nSPS) is 16.9. The maximum Gasteiger partial charge on any atom is 0.0931 e. The van der Waals surface area contributed by atoms with E-state index >= 15 is 0 Å². The van der Waals surface area contributed by atoms with Crippen LogP contribution in [0.1, 0.15) is 48.6 Å². The van der Waals surface area contributed by atoms with E-state index in [0.717, 1.165) is 5.69 Å². The summed E-state index contributed by atoms with van der Waals surface area (Å²) in [5, 5.41) is 1.56. The molecule has 0 bridgehead atoms. The third-order valence-corrected chi connectivity index (χ3v) is 12.2. The van der Waals surface area contributed by atoms with Gasteiger partial charge in [-0.2, -0.15) is 0 Å². The summed E-state index contributed by atoms with van der Waals surface area (Å²) in [5.41, 5.74) is 16.9. The number of aliphatic imine (C=N–C) groups is 1. The third kappa shape index (κ3) is 2.42. The molecule has 0 spiro atoms. The quantitative estimate of drug-likeness (QED) is 0.373. The van der Waals surface area contributed by atoms with Crippen molar-refractivity contribution in [1.29, 1.82) is 0 Å². The predicted molar refractivity (Wildman–Crippen MR) is 140 cm³/mol. The highest BCUT2D eigenvalue weighted by Crippen LogP contribution is 2.50. The van der Waals surface area contributed by atoms with E-state index in [1.165, 1.54) is 61.4 Å². The second-order valence-electron chi connectivity index (χ2n) is 10.2. The highest BCUT2D eigenvalue weighted by molar-refractivity contribution is 6.92. The smallest absolute Gasteiger partial charge is 0.0931 e. The van der Waals surface area contributed by atoms with Gasteiger partial charge in [0.15, 0.2) is 0 Å². The summed E-state index contributed by atoms with van der Waals surface area (Å²) in [6, 6.07) is 23.0. The average molecular weight is 432 g/mol. The number of nitrogens with zero attached hydrogens (tertiary/aromatic N) is 1. The van der Waals surface area contributed by atoms with Gasteiger partial charge in [0.05, 0.1) is 19.5 Å². The van der Waals surface area contributed by atoms with Crippen molar-refractivity contribution in [2.24, 2.45) is 4.99 Å². The van der Waals surface area contributed by atoms with Crippen LogP contribution in [-0.4, -0.2) is 13.8 Å². The molecule has 3 aliphatic rings. The summed E-state index contributed by atoms with van der Waals surface area (Å²) in [5.74, 6) is 0. The Labute approximate surface area is 192 Å². The molecule has 3 aromatic carbocycles. The monoisotopic (exact) mass is 431 g/mol. The highest BCUT2D eigenvalue weighted by atomic mass is 28.3. The van der Waals surface area contributed by atoms with Gasteiger partial charge in [0.25, 0.3) is 0 Å². The molecule has 32 heavy (non-hydrogen) atoms. The number of fused-ring (bicyclic) bond motifs is 6. The lowest BCUT2D eigenvalue weighted by Crippen LogP contribution is -2.49. The average Bonchev–Trinajstić information content (AvgIpc) is 3.38. The zero-order valence-electron chi connectivity index (χ0n) is 19.8. The summed E-state index contributed by atoms with van der Waals surface area (Å²) < 4.78 is 0. The first kappa shape index (κ1) is 19.7. The van der Waals surface area contributed by atoms with Crippen LogP contribution < -0.4 is 5.19 Å². The van der Waals surface area contributed by atoms with Crippen LogP contribution >= 0.6 is 0 Å². The molecule has 0 amide bonds. The van der Waals surface area contributed by atoms with Crippen molar-refractivity contribution in [3.05, 3.63) is 99.6 Å². The highest BCUT2D eigenvalue weighted by Gasteiger charge is 2.43. The van der Waals surface area contributed by atoms with Crippen molar-refractivity contribution in [1.82, 2.24) is 0 Å². The predicted octanol–water partition coefficient (Wildman–Crippen LogP) is 7.47. The molecule has 0 saturated carbocycles. The van der Waals surface area contributed by atoms with Crippen molar-refractivity contribution in [2.75, 3.05) is 0 Å². The number of hydrogen-bond acceptors (Lipinski definition) is 1. The van der Waals surface area contributed by atoms with Crippen molar-refractivity contribution >= 4 is 30.2 Å². The van der Waals surface area contributed by atoms with Crippen LogP contribution in [0.4, 0.5) is 5.69 Å². The van der Waals surface area contributed by atoms with Crippen LogP contribution in [0.25, 0.3) is 16.7 Å². The van der Waals surface area contributed by atoms with Gasteiger partial charge in [-0.25, -0.2) is 4.99 Å². The van der Waals surface area contributed by atoms with E-state index in [1.54, 1.807) is 5.19 Å². The van der Waals surface area contributed by atoms with Gasteiger partial charge in [-0.15, -0.1) is 0 Å². The molecule has 3 aromatic rings. The Morgan fingerprint density at radius 3 is 1.91 bits per heavy atom. The number of benzene rings is 3. The van der Waals surface area contributed by atoms with Crippen molar-refractivity contribution < 1.29 is 0 Å². The Hall–Kier alpha value is -2.97. The molecule has 0 unspecified atom stereocenters. The molecule has 0 N–H and O–H groups in total. The molecular formula is C30H29NSi. The molecule has 0 saturated heterocycles. The van der Waals surface area contributed by atoms with Crippen molar-refractivity contribution in [3.63, 3.8) is 0 Å².